The average Bonchev–Trinajstić information content (AvgIpc) is 2.82. The third kappa shape index (κ3) is 2.44. The van der Waals surface area contributed by atoms with Crippen LogP contribution in [0.1, 0.15) is 6.92 Å². The molecule has 0 spiro atoms. The maximum atomic E-state index is 13.2. The second kappa shape index (κ2) is 4.97. The van der Waals surface area contributed by atoms with Gasteiger partial charge in [0, 0.05) is 5.56 Å². The molecule has 0 radical (unpaired) electrons. The van der Waals surface area contributed by atoms with Crippen molar-refractivity contribution in [2.45, 2.75) is 6.92 Å². The van der Waals surface area contributed by atoms with Crippen LogP contribution in [-0.4, -0.2) is 11.6 Å². The first kappa shape index (κ1) is 12.1. The molecule has 0 saturated carbocycles. The van der Waals surface area contributed by atoms with Gasteiger partial charge in [-0.2, -0.15) is 0 Å². The fourth-order valence-corrected chi connectivity index (χ4v) is 2.90. The SMILES string of the molecule is CCOc1ccc2nc(-c3cccc(F)c3)sc2c1. The summed E-state index contributed by atoms with van der Waals surface area (Å²) in [7, 11) is 0. The predicted molar refractivity (Wildman–Crippen MR) is 76.2 cm³/mol. The molecule has 2 nitrogen and oxygen atoms in total. The smallest absolute Gasteiger partial charge is 0.124 e. The zero-order valence-corrected chi connectivity index (χ0v) is 11.2. The Hall–Kier alpha value is -1.94. The van der Waals surface area contributed by atoms with Gasteiger partial charge in [-0.05, 0) is 37.3 Å². The highest BCUT2D eigenvalue weighted by Gasteiger charge is 2.07. The highest BCUT2D eigenvalue weighted by atomic mass is 32.1. The molecule has 0 aliphatic rings. The molecule has 0 amide bonds. The van der Waals surface area contributed by atoms with Crippen LogP contribution in [0, 0.1) is 5.82 Å². The van der Waals surface area contributed by atoms with Crippen LogP contribution in [0.2, 0.25) is 0 Å². The Labute approximate surface area is 114 Å². The molecule has 0 unspecified atom stereocenters. The summed E-state index contributed by atoms with van der Waals surface area (Å²) in [6.45, 7) is 2.59. The minimum atomic E-state index is -0.244. The van der Waals surface area contributed by atoms with E-state index >= 15 is 0 Å². The summed E-state index contributed by atoms with van der Waals surface area (Å²) in [5.41, 5.74) is 1.71. The molecule has 3 aromatic rings. The molecule has 0 bridgehead atoms. The molecule has 0 aliphatic carbocycles. The lowest BCUT2D eigenvalue weighted by molar-refractivity contribution is 0.341. The first-order valence-electron chi connectivity index (χ1n) is 6.05. The molecule has 19 heavy (non-hydrogen) atoms. The molecule has 0 aliphatic heterocycles. The normalized spacial score (nSPS) is 10.8. The van der Waals surface area contributed by atoms with Gasteiger partial charge in [0.15, 0.2) is 0 Å². The quantitative estimate of drug-likeness (QED) is 0.701. The maximum absolute atomic E-state index is 13.2. The highest BCUT2D eigenvalue weighted by Crippen LogP contribution is 2.32. The van der Waals surface area contributed by atoms with Crippen molar-refractivity contribution >= 4 is 21.6 Å². The minimum Gasteiger partial charge on any atom is -0.494 e. The lowest BCUT2D eigenvalue weighted by atomic mass is 10.2. The molecule has 1 aromatic heterocycles. The third-order valence-electron chi connectivity index (χ3n) is 2.74. The Morgan fingerprint density at radius 1 is 1.21 bits per heavy atom. The van der Waals surface area contributed by atoms with Gasteiger partial charge in [-0.3, -0.25) is 0 Å². The van der Waals surface area contributed by atoms with Crippen LogP contribution in [0.3, 0.4) is 0 Å². The molecule has 1 heterocycles. The molecule has 0 saturated heterocycles. The number of fused-ring (bicyclic) bond motifs is 1. The Balaban J connectivity index is 2.06. The van der Waals surface area contributed by atoms with Crippen molar-refractivity contribution in [3.8, 4) is 16.3 Å². The predicted octanol–water partition coefficient (Wildman–Crippen LogP) is 4.50. The fraction of sp³-hybridized carbons (Fsp3) is 0.133. The largest absolute Gasteiger partial charge is 0.494 e. The van der Waals surface area contributed by atoms with E-state index in [-0.39, 0.29) is 5.82 Å². The number of hydrogen-bond acceptors (Lipinski definition) is 3. The summed E-state index contributed by atoms with van der Waals surface area (Å²) in [5, 5.41) is 0.822. The van der Waals surface area contributed by atoms with Crippen molar-refractivity contribution in [1.29, 1.82) is 0 Å². The van der Waals surface area contributed by atoms with E-state index in [9.17, 15) is 4.39 Å². The van der Waals surface area contributed by atoms with E-state index in [1.807, 2.05) is 31.2 Å². The molecule has 0 N–H and O–H groups in total. The van der Waals surface area contributed by atoms with Crippen LogP contribution in [0.4, 0.5) is 4.39 Å². The van der Waals surface area contributed by atoms with Crippen molar-refractivity contribution in [2.75, 3.05) is 6.61 Å². The van der Waals surface area contributed by atoms with Crippen molar-refractivity contribution in [3.05, 3.63) is 48.3 Å². The summed E-state index contributed by atoms with van der Waals surface area (Å²) < 4.78 is 19.7. The van der Waals surface area contributed by atoms with Gasteiger partial charge in [0.25, 0.3) is 0 Å². The van der Waals surface area contributed by atoms with E-state index in [1.165, 1.54) is 12.1 Å². The second-order valence-corrected chi connectivity index (χ2v) is 5.12. The van der Waals surface area contributed by atoms with Crippen molar-refractivity contribution < 1.29 is 9.13 Å². The van der Waals surface area contributed by atoms with Gasteiger partial charge in [0.1, 0.15) is 16.6 Å². The molecule has 0 fully saturated rings. The number of rotatable bonds is 3. The number of aromatic nitrogens is 1. The Morgan fingerprint density at radius 2 is 2.11 bits per heavy atom. The molecule has 3 rings (SSSR count). The molecule has 96 valence electrons. The molecular formula is C15H12FNOS. The first-order chi connectivity index (χ1) is 9.26. The van der Waals surface area contributed by atoms with E-state index in [0.717, 1.165) is 26.5 Å². The van der Waals surface area contributed by atoms with Crippen LogP contribution in [0.25, 0.3) is 20.8 Å². The fourth-order valence-electron chi connectivity index (χ4n) is 1.91. The van der Waals surface area contributed by atoms with Gasteiger partial charge in [-0.1, -0.05) is 12.1 Å². The highest BCUT2D eigenvalue weighted by molar-refractivity contribution is 7.21. The van der Waals surface area contributed by atoms with Crippen LogP contribution in [-0.2, 0) is 0 Å². The van der Waals surface area contributed by atoms with Crippen molar-refractivity contribution in [2.24, 2.45) is 0 Å². The van der Waals surface area contributed by atoms with Crippen molar-refractivity contribution in [3.63, 3.8) is 0 Å². The van der Waals surface area contributed by atoms with Crippen LogP contribution in [0.5, 0.6) is 5.75 Å². The summed E-state index contributed by atoms with van der Waals surface area (Å²) in [6.07, 6.45) is 0. The summed E-state index contributed by atoms with van der Waals surface area (Å²) in [6, 6.07) is 12.3. The van der Waals surface area contributed by atoms with Gasteiger partial charge in [-0.15, -0.1) is 11.3 Å². The van der Waals surface area contributed by atoms with E-state index in [4.69, 9.17) is 4.74 Å². The van der Waals surface area contributed by atoms with Gasteiger partial charge >= 0.3 is 0 Å². The number of hydrogen-bond donors (Lipinski definition) is 0. The lowest BCUT2D eigenvalue weighted by Gasteiger charge is -2.00. The Kier molecular flexibility index (Phi) is 3.17. The van der Waals surface area contributed by atoms with E-state index in [1.54, 1.807) is 17.4 Å². The van der Waals surface area contributed by atoms with E-state index in [0.29, 0.717) is 6.61 Å². The zero-order chi connectivity index (χ0) is 13.2. The molecular weight excluding hydrogens is 261 g/mol. The van der Waals surface area contributed by atoms with Crippen LogP contribution in [0.15, 0.2) is 42.5 Å². The van der Waals surface area contributed by atoms with Gasteiger partial charge in [0.05, 0.1) is 16.8 Å². The first-order valence-corrected chi connectivity index (χ1v) is 6.87. The number of thiazole rings is 1. The van der Waals surface area contributed by atoms with Gasteiger partial charge in [0.2, 0.25) is 0 Å². The minimum absolute atomic E-state index is 0.244. The Bertz CT molecular complexity index is 723. The number of nitrogens with zero attached hydrogens (tertiary/aromatic N) is 1. The monoisotopic (exact) mass is 273 g/mol. The standard InChI is InChI=1S/C15H12FNOS/c1-2-18-12-6-7-13-14(9-12)19-15(17-13)10-4-3-5-11(16)8-10/h3-9H,2H2,1H3. The maximum Gasteiger partial charge on any atom is 0.124 e. The van der Waals surface area contributed by atoms with E-state index in [2.05, 4.69) is 4.98 Å². The Morgan fingerprint density at radius 3 is 2.89 bits per heavy atom. The van der Waals surface area contributed by atoms with Crippen molar-refractivity contribution in [1.82, 2.24) is 4.98 Å². The lowest BCUT2D eigenvalue weighted by Crippen LogP contribution is -1.89. The zero-order valence-electron chi connectivity index (χ0n) is 10.4. The van der Waals surface area contributed by atoms with Crippen LogP contribution >= 0.6 is 11.3 Å². The summed E-state index contributed by atoms with van der Waals surface area (Å²) >= 11 is 1.54. The van der Waals surface area contributed by atoms with Gasteiger partial charge in [-0.25, -0.2) is 9.37 Å². The second-order valence-electron chi connectivity index (χ2n) is 4.09. The number of ether oxygens (including phenoxy) is 1. The molecule has 4 heteroatoms. The molecule has 0 atom stereocenters. The van der Waals surface area contributed by atoms with Gasteiger partial charge < -0.3 is 4.74 Å². The average molecular weight is 273 g/mol. The van der Waals surface area contributed by atoms with E-state index < -0.39 is 0 Å². The summed E-state index contributed by atoms with van der Waals surface area (Å²) in [5.74, 6) is 0.594. The topological polar surface area (TPSA) is 22.1 Å². The summed E-state index contributed by atoms with van der Waals surface area (Å²) in [4.78, 5) is 4.52. The number of benzene rings is 2. The number of halogens is 1. The molecule has 2 aromatic carbocycles. The third-order valence-corrected chi connectivity index (χ3v) is 3.81. The van der Waals surface area contributed by atoms with Crippen LogP contribution < -0.4 is 4.74 Å².